The van der Waals surface area contributed by atoms with Crippen LogP contribution in [0.3, 0.4) is 0 Å². The molecule has 1 atom stereocenters. The first kappa shape index (κ1) is 14.1. The van der Waals surface area contributed by atoms with Crippen LogP contribution in [0, 0.1) is 6.92 Å². The zero-order chi connectivity index (χ0) is 15.0. The molecular formula is C16H15BrN2O2. The molecule has 1 unspecified atom stereocenters. The summed E-state index contributed by atoms with van der Waals surface area (Å²) < 4.78 is 7.77. The molecule has 2 aromatic rings. The number of carbonyl (C=O) groups is 1. The molecule has 0 amide bonds. The SMILES string of the molecule is COC(=O)c1nn(C2C=C(Br)C=CC2)c2ccc(C)cc12. The van der Waals surface area contributed by atoms with Crippen molar-refractivity contribution >= 4 is 32.8 Å². The van der Waals surface area contributed by atoms with Gasteiger partial charge in [-0.1, -0.05) is 39.7 Å². The zero-order valence-corrected chi connectivity index (χ0v) is 13.4. The quantitative estimate of drug-likeness (QED) is 0.774. The van der Waals surface area contributed by atoms with E-state index in [9.17, 15) is 4.79 Å². The van der Waals surface area contributed by atoms with Gasteiger partial charge in [0.2, 0.25) is 0 Å². The largest absolute Gasteiger partial charge is 0.464 e. The van der Waals surface area contributed by atoms with Crippen LogP contribution in [0.4, 0.5) is 0 Å². The Morgan fingerprint density at radius 2 is 2.29 bits per heavy atom. The summed E-state index contributed by atoms with van der Waals surface area (Å²) in [6.07, 6.45) is 7.05. The topological polar surface area (TPSA) is 44.1 Å². The summed E-state index contributed by atoms with van der Waals surface area (Å²) in [7, 11) is 1.38. The van der Waals surface area contributed by atoms with Gasteiger partial charge in [-0.2, -0.15) is 5.10 Å². The van der Waals surface area contributed by atoms with Crippen LogP contribution in [0.5, 0.6) is 0 Å². The maximum Gasteiger partial charge on any atom is 0.359 e. The van der Waals surface area contributed by atoms with Gasteiger partial charge >= 0.3 is 5.97 Å². The number of rotatable bonds is 2. The lowest BCUT2D eigenvalue weighted by Gasteiger charge is -2.16. The Morgan fingerprint density at radius 1 is 1.48 bits per heavy atom. The Kier molecular flexibility index (Phi) is 3.68. The molecule has 1 aromatic heterocycles. The van der Waals surface area contributed by atoms with Gasteiger partial charge in [-0.05, 0) is 31.6 Å². The van der Waals surface area contributed by atoms with E-state index in [1.807, 2.05) is 35.9 Å². The summed E-state index contributed by atoms with van der Waals surface area (Å²) in [5, 5.41) is 5.34. The number of esters is 1. The Bertz CT molecular complexity index is 774. The lowest BCUT2D eigenvalue weighted by Crippen LogP contribution is -2.11. The minimum absolute atomic E-state index is 0.0907. The van der Waals surface area contributed by atoms with Gasteiger partial charge in [0.25, 0.3) is 0 Å². The molecule has 5 heteroatoms. The molecule has 0 N–H and O–H groups in total. The van der Waals surface area contributed by atoms with E-state index in [4.69, 9.17) is 4.74 Å². The highest BCUT2D eigenvalue weighted by Gasteiger charge is 2.21. The van der Waals surface area contributed by atoms with Gasteiger partial charge in [0.05, 0.1) is 18.7 Å². The number of aryl methyl sites for hydroxylation is 1. The molecule has 0 saturated heterocycles. The Labute approximate surface area is 131 Å². The third-order valence-corrected chi connectivity index (χ3v) is 4.09. The summed E-state index contributed by atoms with van der Waals surface area (Å²) in [6.45, 7) is 2.00. The fourth-order valence-electron chi connectivity index (χ4n) is 2.55. The minimum atomic E-state index is -0.404. The van der Waals surface area contributed by atoms with Crippen molar-refractivity contribution in [2.45, 2.75) is 19.4 Å². The molecule has 1 heterocycles. The number of allylic oxidation sites excluding steroid dienone is 4. The Morgan fingerprint density at radius 3 is 3.00 bits per heavy atom. The van der Waals surface area contributed by atoms with E-state index in [2.05, 4.69) is 33.2 Å². The van der Waals surface area contributed by atoms with E-state index >= 15 is 0 Å². The predicted molar refractivity (Wildman–Crippen MR) is 85.6 cm³/mol. The zero-order valence-electron chi connectivity index (χ0n) is 11.8. The first-order valence-electron chi connectivity index (χ1n) is 6.71. The van der Waals surface area contributed by atoms with Crippen molar-refractivity contribution in [2.75, 3.05) is 7.11 Å². The van der Waals surface area contributed by atoms with Crippen molar-refractivity contribution in [3.05, 3.63) is 52.2 Å². The van der Waals surface area contributed by atoms with E-state index in [0.717, 1.165) is 27.4 Å². The maximum absolute atomic E-state index is 12.0. The van der Waals surface area contributed by atoms with E-state index in [-0.39, 0.29) is 6.04 Å². The van der Waals surface area contributed by atoms with Crippen molar-refractivity contribution in [3.63, 3.8) is 0 Å². The van der Waals surface area contributed by atoms with Gasteiger partial charge in [-0.25, -0.2) is 4.79 Å². The third-order valence-electron chi connectivity index (χ3n) is 3.56. The first-order valence-corrected chi connectivity index (χ1v) is 7.50. The summed E-state index contributed by atoms with van der Waals surface area (Å²) in [4.78, 5) is 12.0. The van der Waals surface area contributed by atoms with Gasteiger partial charge in [-0.3, -0.25) is 4.68 Å². The van der Waals surface area contributed by atoms with Crippen molar-refractivity contribution in [3.8, 4) is 0 Å². The highest BCUT2D eigenvalue weighted by Crippen LogP contribution is 2.29. The van der Waals surface area contributed by atoms with Crippen LogP contribution in [0.25, 0.3) is 10.9 Å². The second-order valence-electron chi connectivity index (χ2n) is 5.06. The molecule has 0 radical (unpaired) electrons. The second-order valence-corrected chi connectivity index (χ2v) is 5.98. The molecule has 4 nitrogen and oxygen atoms in total. The van der Waals surface area contributed by atoms with Gasteiger partial charge in [-0.15, -0.1) is 0 Å². The molecule has 1 aliphatic carbocycles. The van der Waals surface area contributed by atoms with Gasteiger partial charge < -0.3 is 4.74 Å². The number of benzene rings is 1. The van der Waals surface area contributed by atoms with Crippen LogP contribution in [0.1, 0.15) is 28.5 Å². The molecular weight excluding hydrogens is 332 g/mol. The molecule has 0 bridgehead atoms. The summed E-state index contributed by atoms with van der Waals surface area (Å²) in [5.41, 5.74) is 2.40. The van der Waals surface area contributed by atoms with Crippen molar-refractivity contribution in [2.24, 2.45) is 0 Å². The summed E-state index contributed by atoms with van der Waals surface area (Å²) in [5.74, 6) is -0.404. The average molecular weight is 347 g/mol. The van der Waals surface area contributed by atoms with Crippen molar-refractivity contribution in [1.29, 1.82) is 0 Å². The van der Waals surface area contributed by atoms with Gasteiger partial charge in [0.15, 0.2) is 5.69 Å². The van der Waals surface area contributed by atoms with E-state index < -0.39 is 5.97 Å². The number of methoxy groups -OCH3 is 1. The smallest absolute Gasteiger partial charge is 0.359 e. The average Bonchev–Trinajstić information content (AvgIpc) is 2.85. The molecule has 108 valence electrons. The number of halogens is 1. The number of hydrogen-bond acceptors (Lipinski definition) is 3. The van der Waals surface area contributed by atoms with Crippen molar-refractivity contribution < 1.29 is 9.53 Å². The third kappa shape index (κ3) is 2.53. The fraction of sp³-hybridized carbons (Fsp3) is 0.250. The number of nitrogens with zero attached hydrogens (tertiary/aromatic N) is 2. The highest BCUT2D eigenvalue weighted by molar-refractivity contribution is 9.11. The maximum atomic E-state index is 12.0. The van der Waals surface area contributed by atoms with Crippen LogP contribution in [-0.4, -0.2) is 22.9 Å². The van der Waals surface area contributed by atoms with Crippen molar-refractivity contribution in [1.82, 2.24) is 9.78 Å². The normalized spacial score (nSPS) is 17.9. The minimum Gasteiger partial charge on any atom is -0.464 e. The molecule has 0 aliphatic heterocycles. The van der Waals surface area contributed by atoms with Gasteiger partial charge in [0, 0.05) is 9.87 Å². The monoisotopic (exact) mass is 346 g/mol. The molecule has 1 aromatic carbocycles. The Hall–Kier alpha value is -1.88. The number of fused-ring (bicyclic) bond motifs is 1. The van der Waals surface area contributed by atoms with Gasteiger partial charge in [0.1, 0.15) is 0 Å². The highest BCUT2D eigenvalue weighted by atomic mass is 79.9. The summed E-state index contributed by atoms with van der Waals surface area (Å²) in [6, 6.07) is 6.10. The first-order chi connectivity index (χ1) is 10.1. The van der Waals surface area contributed by atoms with Crippen LogP contribution >= 0.6 is 15.9 Å². The molecule has 21 heavy (non-hydrogen) atoms. The van der Waals surface area contributed by atoms with Crippen LogP contribution in [0.2, 0.25) is 0 Å². The number of carbonyl (C=O) groups excluding carboxylic acids is 1. The molecule has 3 rings (SSSR count). The molecule has 1 aliphatic rings. The lowest BCUT2D eigenvalue weighted by molar-refractivity contribution is 0.0595. The fourth-order valence-corrected chi connectivity index (χ4v) is 3.04. The summed E-state index contributed by atoms with van der Waals surface area (Å²) >= 11 is 3.49. The molecule has 0 spiro atoms. The van der Waals surface area contributed by atoms with Crippen LogP contribution in [0.15, 0.2) is 40.9 Å². The second kappa shape index (κ2) is 5.48. The van der Waals surface area contributed by atoms with E-state index in [0.29, 0.717) is 5.69 Å². The standard InChI is InChI=1S/C16H15BrN2O2/c1-10-6-7-14-13(8-10)15(16(20)21-2)18-19(14)12-5-3-4-11(17)9-12/h3-4,6-9,12H,5H2,1-2H3. The number of ether oxygens (including phenoxy) is 1. The lowest BCUT2D eigenvalue weighted by atomic mass is 10.1. The number of aromatic nitrogens is 2. The van der Waals surface area contributed by atoms with E-state index in [1.165, 1.54) is 7.11 Å². The number of hydrogen-bond donors (Lipinski definition) is 0. The molecule has 0 fully saturated rings. The molecule has 0 saturated carbocycles. The van der Waals surface area contributed by atoms with Crippen LogP contribution in [-0.2, 0) is 4.74 Å². The van der Waals surface area contributed by atoms with E-state index in [1.54, 1.807) is 0 Å². The predicted octanol–water partition coefficient (Wildman–Crippen LogP) is 3.91. The Balaban J connectivity index is 2.19. The van der Waals surface area contributed by atoms with Crippen LogP contribution < -0.4 is 0 Å².